The summed E-state index contributed by atoms with van der Waals surface area (Å²) in [6.45, 7) is 8.72. The lowest BCUT2D eigenvalue weighted by Gasteiger charge is -2.26. The van der Waals surface area contributed by atoms with Crippen molar-refractivity contribution in [1.82, 2.24) is 9.62 Å². The van der Waals surface area contributed by atoms with E-state index in [2.05, 4.69) is 10.0 Å². The zero-order valence-electron chi connectivity index (χ0n) is 16.4. The summed E-state index contributed by atoms with van der Waals surface area (Å²) in [6, 6.07) is 9.42. The highest BCUT2D eigenvalue weighted by molar-refractivity contribution is 7.89. The fourth-order valence-corrected chi connectivity index (χ4v) is 5.03. The molecule has 0 bridgehead atoms. The van der Waals surface area contributed by atoms with E-state index in [4.69, 9.17) is 11.6 Å². The molecule has 1 unspecified atom stereocenters. The summed E-state index contributed by atoms with van der Waals surface area (Å²) in [5, 5.41) is 2.85. The summed E-state index contributed by atoms with van der Waals surface area (Å²) in [5.41, 5.74) is 0.551. The van der Waals surface area contributed by atoms with Crippen LogP contribution >= 0.6 is 22.9 Å². The predicted molar refractivity (Wildman–Crippen MR) is 115 cm³/mol. The average Bonchev–Trinajstić information content (AvgIpc) is 3.03. The zero-order valence-corrected chi connectivity index (χ0v) is 18.8. The third-order valence-corrected chi connectivity index (χ3v) is 7.03. The number of nitrogens with one attached hydrogen (secondary N) is 2. The van der Waals surface area contributed by atoms with E-state index in [1.807, 2.05) is 30.9 Å². The first kappa shape index (κ1) is 22.8. The molecule has 1 aromatic carbocycles. The lowest BCUT2D eigenvalue weighted by atomic mass is 10.2. The Hall–Kier alpha value is -1.45. The number of thiophene rings is 1. The van der Waals surface area contributed by atoms with E-state index in [-0.39, 0.29) is 22.9 Å². The molecule has 1 heterocycles. The average molecular weight is 444 g/mol. The maximum absolute atomic E-state index is 12.6. The molecule has 154 valence electrons. The van der Waals surface area contributed by atoms with Crippen molar-refractivity contribution in [2.45, 2.75) is 51.2 Å². The highest BCUT2D eigenvalue weighted by Crippen LogP contribution is 2.23. The fourth-order valence-electron chi connectivity index (χ4n) is 2.67. The van der Waals surface area contributed by atoms with Crippen molar-refractivity contribution in [3.63, 3.8) is 0 Å². The van der Waals surface area contributed by atoms with Gasteiger partial charge >= 0.3 is 0 Å². The van der Waals surface area contributed by atoms with Gasteiger partial charge in [0.1, 0.15) is 0 Å². The molecule has 9 heteroatoms. The van der Waals surface area contributed by atoms with Crippen LogP contribution in [0, 0.1) is 0 Å². The lowest BCUT2D eigenvalue weighted by Crippen LogP contribution is -2.41. The maximum Gasteiger partial charge on any atom is 0.241 e. The highest BCUT2D eigenvalue weighted by Gasteiger charge is 2.21. The Labute approximate surface area is 175 Å². The van der Waals surface area contributed by atoms with Crippen molar-refractivity contribution in [2.24, 2.45) is 0 Å². The maximum atomic E-state index is 12.6. The summed E-state index contributed by atoms with van der Waals surface area (Å²) in [7, 11) is -3.55. The standard InChI is InChI=1S/C19H26ClN3O3S2/c1-5-23(12-16-8-11-18(20)27-16)14(4)19(24)21-15-6-9-17(10-7-15)28(25,26)22-13(2)3/h6-11,13-14,22H,5,12H2,1-4H3,(H,21,24). The molecule has 0 aliphatic carbocycles. The van der Waals surface area contributed by atoms with Crippen LogP contribution in [0.15, 0.2) is 41.3 Å². The second-order valence-electron chi connectivity index (χ2n) is 6.73. The van der Waals surface area contributed by atoms with Crippen molar-refractivity contribution in [3.8, 4) is 0 Å². The van der Waals surface area contributed by atoms with E-state index < -0.39 is 10.0 Å². The van der Waals surface area contributed by atoms with Crippen molar-refractivity contribution in [1.29, 1.82) is 0 Å². The van der Waals surface area contributed by atoms with E-state index in [0.29, 0.717) is 18.8 Å². The molecule has 6 nitrogen and oxygen atoms in total. The number of carbonyl (C=O) groups excluding carboxylic acids is 1. The molecule has 0 radical (unpaired) electrons. The second kappa shape index (κ2) is 9.84. The Morgan fingerprint density at radius 1 is 1.14 bits per heavy atom. The van der Waals surface area contributed by atoms with Gasteiger partial charge in [0, 0.05) is 23.2 Å². The first-order valence-corrected chi connectivity index (χ1v) is 11.7. The van der Waals surface area contributed by atoms with Gasteiger partial charge in [-0.05, 0) is 63.7 Å². The molecule has 1 aromatic heterocycles. The molecule has 0 saturated heterocycles. The van der Waals surface area contributed by atoms with Crippen LogP contribution in [0.2, 0.25) is 4.34 Å². The van der Waals surface area contributed by atoms with Gasteiger partial charge in [0.2, 0.25) is 15.9 Å². The molecule has 0 fully saturated rings. The number of hydrogen-bond acceptors (Lipinski definition) is 5. The molecule has 0 saturated carbocycles. The lowest BCUT2D eigenvalue weighted by molar-refractivity contribution is -0.120. The van der Waals surface area contributed by atoms with Crippen LogP contribution in [0.4, 0.5) is 5.69 Å². The Morgan fingerprint density at radius 2 is 1.79 bits per heavy atom. The monoisotopic (exact) mass is 443 g/mol. The molecule has 0 aliphatic rings. The molecular formula is C19H26ClN3O3S2. The molecule has 2 N–H and O–H groups in total. The summed E-state index contributed by atoms with van der Waals surface area (Å²) < 4.78 is 27.6. The van der Waals surface area contributed by atoms with E-state index in [0.717, 1.165) is 9.21 Å². The zero-order chi connectivity index (χ0) is 20.9. The molecular weight excluding hydrogens is 418 g/mol. The number of amides is 1. The quantitative estimate of drug-likeness (QED) is 0.615. The van der Waals surface area contributed by atoms with Crippen molar-refractivity contribution < 1.29 is 13.2 Å². The van der Waals surface area contributed by atoms with Gasteiger partial charge in [-0.3, -0.25) is 9.69 Å². The molecule has 2 rings (SSSR count). The molecule has 1 amide bonds. The molecule has 28 heavy (non-hydrogen) atoms. The van der Waals surface area contributed by atoms with Crippen LogP contribution in [0.5, 0.6) is 0 Å². The Balaban J connectivity index is 2.02. The first-order valence-electron chi connectivity index (χ1n) is 9.04. The minimum Gasteiger partial charge on any atom is -0.325 e. The summed E-state index contributed by atoms with van der Waals surface area (Å²) in [5.74, 6) is -0.152. The number of likely N-dealkylation sites (N-methyl/N-ethyl adjacent to an activating group) is 1. The molecule has 0 aliphatic heterocycles. The molecule has 0 spiro atoms. The number of hydrogen-bond donors (Lipinski definition) is 2. The van der Waals surface area contributed by atoms with Gasteiger partial charge in [0.05, 0.1) is 15.3 Å². The third kappa shape index (κ3) is 6.28. The molecule has 2 aromatic rings. The van der Waals surface area contributed by atoms with Gasteiger partial charge in [-0.1, -0.05) is 18.5 Å². The number of carbonyl (C=O) groups is 1. The van der Waals surface area contributed by atoms with E-state index in [9.17, 15) is 13.2 Å². The number of nitrogens with zero attached hydrogens (tertiary/aromatic N) is 1. The van der Waals surface area contributed by atoms with Crippen LogP contribution in [-0.2, 0) is 21.4 Å². The van der Waals surface area contributed by atoms with Crippen LogP contribution in [0.25, 0.3) is 0 Å². The van der Waals surface area contributed by atoms with E-state index in [1.54, 1.807) is 26.0 Å². The van der Waals surface area contributed by atoms with E-state index >= 15 is 0 Å². The number of benzene rings is 1. The fraction of sp³-hybridized carbons (Fsp3) is 0.421. The number of anilines is 1. The van der Waals surface area contributed by atoms with Gasteiger partial charge in [0.15, 0.2) is 0 Å². The summed E-state index contributed by atoms with van der Waals surface area (Å²) in [6.07, 6.45) is 0. The minimum absolute atomic E-state index is 0.152. The van der Waals surface area contributed by atoms with E-state index in [1.165, 1.54) is 23.5 Å². The number of halogens is 1. The number of rotatable bonds is 9. The highest BCUT2D eigenvalue weighted by atomic mass is 35.5. The van der Waals surface area contributed by atoms with Crippen LogP contribution in [0.1, 0.15) is 32.6 Å². The largest absolute Gasteiger partial charge is 0.325 e. The van der Waals surface area contributed by atoms with Crippen molar-refractivity contribution >= 4 is 44.6 Å². The smallest absolute Gasteiger partial charge is 0.241 e. The van der Waals surface area contributed by atoms with Gasteiger partial charge in [0.25, 0.3) is 0 Å². The summed E-state index contributed by atoms with van der Waals surface area (Å²) >= 11 is 7.48. The number of sulfonamides is 1. The topological polar surface area (TPSA) is 78.5 Å². The predicted octanol–water partition coefficient (Wildman–Crippen LogP) is 3.94. The SMILES string of the molecule is CCN(Cc1ccc(Cl)s1)C(C)C(=O)Nc1ccc(S(=O)(=O)NC(C)C)cc1. The van der Waals surface area contributed by atoms with Gasteiger partial charge in [-0.25, -0.2) is 13.1 Å². The van der Waals surface area contributed by atoms with Gasteiger partial charge < -0.3 is 5.32 Å². The normalized spacial score (nSPS) is 13.1. The van der Waals surface area contributed by atoms with Gasteiger partial charge in [-0.2, -0.15) is 0 Å². The summed E-state index contributed by atoms with van der Waals surface area (Å²) in [4.78, 5) is 15.9. The van der Waals surface area contributed by atoms with Crippen LogP contribution in [-0.4, -0.2) is 37.9 Å². The Kier molecular flexibility index (Phi) is 8.03. The molecule has 1 atom stereocenters. The minimum atomic E-state index is -3.55. The van der Waals surface area contributed by atoms with Crippen molar-refractivity contribution in [2.75, 3.05) is 11.9 Å². The first-order chi connectivity index (χ1) is 13.1. The van der Waals surface area contributed by atoms with Crippen molar-refractivity contribution in [3.05, 3.63) is 45.6 Å². The second-order valence-corrected chi connectivity index (χ2v) is 10.2. The Morgan fingerprint density at radius 3 is 2.29 bits per heavy atom. The van der Waals surface area contributed by atoms with Crippen LogP contribution < -0.4 is 10.0 Å². The third-order valence-electron chi connectivity index (χ3n) is 4.14. The Bertz CT molecular complexity index is 895. The van der Waals surface area contributed by atoms with Crippen LogP contribution in [0.3, 0.4) is 0 Å². The van der Waals surface area contributed by atoms with Gasteiger partial charge in [-0.15, -0.1) is 11.3 Å².